The second-order valence-electron chi connectivity index (χ2n) is 8.12. The van der Waals surface area contributed by atoms with E-state index in [1.165, 1.54) is 0 Å². The second kappa shape index (κ2) is 23.2. The van der Waals surface area contributed by atoms with Crippen LogP contribution in [-0.2, 0) is 26.2 Å². The molecule has 3 unspecified atom stereocenters. The SMILES string of the molecule is CC(C)[Si](O)(C(C)C)C(C)C.CCC(C)O.CCC(C)O.CCC(C)O.[Zr]. The van der Waals surface area contributed by atoms with Crippen molar-refractivity contribution < 1.29 is 46.3 Å². The molecule has 0 aliphatic rings. The quantitative estimate of drug-likeness (QED) is 0.374. The Balaban J connectivity index is -0.0000000858. The molecular formula is C21H52O4SiZr. The van der Waals surface area contributed by atoms with Crippen molar-refractivity contribution in [1.29, 1.82) is 0 Å². The maximum absolute atomic E-state index is 10.4. The molecule has 0 saturated carbocycles. The van der Waals surface area contributed by atoms with Crippen molar-refractivity contribution in [1.82, 2.24) is 0 Å². The van der Waals surface area contributed by atoms with Crippen LogP contribution in [-0.4, -0.2) is 46.7 Å². The van der Waals surface area contributed by atoms with Gasteiger partial charge in [0.25, 0.3) is 0 Å². The fraction of sp³-hybridized carbons (Fsp3) is 1.00. The van der Waals surface area contributed by atoms with Gasteiger partial charge in [-0.25, -0.2) is 0 Å². The third-order valence-electron chi connectivity index (χ3n) is 4.55. The van der Waals surface area contributed by atoms with E-state index in [4.69, 9.17) is 15.3 Å². The molecule has 0 aromatic rings. The molecule has 0 aromatic carbocycles. The Hall–Kier alpha value is 0.940. The summed E-state index contributed by atoms with van der Waals surface area (Å²) in [4.78, 5) is 10.4. The molecule has 0 bridgehead atoms. The van der Waals surface area contributed by atoms with Crippen molar-refractivity contribution in [2.45, 2.75) is 137 Å². The van der Waals surface area contributed by atoms with Crippen LogP contribution in [0.3, 0.4) is 0 Å². The van der Waals surface area contributed by atoms with Crippen LogP contribution in [0.5, 0.6) is 0 Å². The number of hydrogen-bond acceptors (Lipinski definition) is 4. The third kappa shape index (κ3) is 26.9. The molecule has 0 aromatic heterocycles. The average molecular weight is 488 g/mol. The Morgan fingerprint density at radius 2 is 0.630 bits per heavy atom. The smallest absolute Gasteiger partial charge is 0.196 e. The molecule has 3 atom stereocenters. The molecule has 0 fully saturated rings. The van der Waals surface area contributed by atoms with Gasteiger partial charge in [0.1, 0.15) is 0 Å². The molecule has 0 saturated heterocycles. The monoisotopic (exact) mass is 486 g/mol. The second-order valence-corrected chi connectivity index (χ2v) is 13.4. The summed E-state index contributed by atoms with van der Waals surface area (Å²) in [5, 5.41) is 25.1. The largest absolute Gasteiger partial charge is 0.431 e. The maximum atomic E-state index is 10.4. The standard InChI is InChI=1S/C9H22OSi.3C4H10O.Zr/c1-7(2)11(10,8(3)4)9(5)6;3*1-3-4(2)5;/h7-10H,1-6H3;3*4-5H,3H2,1-2H3;. The molecule has 0 amide bonds. The summed E-state index contributed by atoms with van der Waals surface area (Å²) in [7, 11) is -1.98. The van der Waals surface area contributed by atoms with E-state index in [0.717, 1.165) is 19.3 Å². The molecule has 0 aliphatic heterocycles. The van der Waals surface area contributed by atoms with Gasteiger partial charge in [0.05, 0.1) is 18.3 Å². The van der Waals surface area contributed by atoms with Crippen molar-refractivity contribution in [2.24, 2.45) is 0 Å². The van der Waals surface area contributed by atoms with Crippen molar-refractivity contribution in [3.63, 3.8) is 0 Å². The van der Waals surface area contributed by atoms with Gasteiger partial charge in [-0.05, 0) is 56.7 Å². The molecule has 0 heterocycles. The Morgan fingerprint density at radius 1 is 0.519 bits per heavy atom. The minimum Gasteiger partial charge on any atom is -0.431 e. The summed E-state index contributed by atoms with van der Waals surface area (Å²) in [5.41, 5.74) is 1.42. The van der Waals surface area contributed by atoms with Crippen LogP contribution in [0.15, 0.2) is 0 Å². The summed E-state index contributed by atoms with van der Waals surface area (Å²) in [6.07, 6.45) is 2.24. The minimum absolute atomic E-state index is 0. The molecule has 4 N–H and O–H groups in total. The summed E-state index contributed by atoms with van der Waals surface area (Å²) in [6.45, 7) is 24.1. The maximum Gasteiger partial charge on any atom is 0.196 e. The average Bonchev–Trinajstić information content (AvgIpc) is 2.54. The fourth-order valence-electron chi connectivity index (χ4n) is 2.00. The van der Waals surface area contributed by atoms with Gasteiger partial charge in [-0.15, -0.1) is 0 Å². The van der Waals surface area contributed by atoms with E-state index in [1.54, 1.807) is 20.8 Å². The summed E-state index contributed by atoms with van der Waals surface area (Å²) < 4.78 is 0. The zero-order valence-electron chi connectivity index (χ0n) is 20.4. The van der Waals surface area contributed by atoms with E-state index < -0.39 is 8.32 Å². The van der Waals surface area contributed by atoms with E-state index in [0.29, 0.717) is 16.6 Å². The minimum atomic E-state index is -1.98. The van der Waals surface area contributed by atoms with E-state index in [9.17, 15) is 4.80 Å². The van der Waals surface area contributed by atoms with E-state index in [2.05, 4.69) is 41.5 Å². The van der Waals surface area contributed by atoms with E-state index >= 15 is 0 Å². The van der Waals surface area contributed by atoms with Crippen LogP contribution in [0.1, 0.15) is 102 Å². The first-order valence-corrected chi connectivity index (χ1v) is 12.6. The van der Waals surface area contributed by atoms with Crippen LogP contribution in [0.4, 0.5) is 0 Å². The van der Waals surface area contributed by atoms with Crippen LogP contribution < -0.4 is 0 Å². The topological polar surface area (TPSA) is 80.9 Å². The number of aliphatic hydroxyl groups excluding tert-OH is 3. The van der Waals surface area contributed by atoms with Gasteiger partial charge in [0, 0.05) is 26.2 Å². The summed E-state index contributed by atoms with van der Waals surface area (Å²) in [6, 6.07) is 0. The molecule has 0 rings (SSSR count). The molecule has 27 heavy (non-hydrogen) atoms. The Morgan fingerprint density at radius 3 is 0.630 bits per heavy atom. The Labute approximate surface area is 191 Å². The molecular weight excluding hydrogens is 436 g/mol. The fourth-order valence-corrected chi connectivity index (χ4v) is 6.00. The summed E-state index contributed by atoms with van der Waals surface area (Å²) in [5.74, 6) is 0. The third-order valence-corrected chi connectivity index (χ3v) is 10.1. The molecule has 0 spiro atoms. The van der Waals surface area contributed by atoms with Crippen molar-refractivity contribution in [3.05, 3.63) is 0 Å². The van der Waals surface area contributed by atoms with Gasteiger partial charge in [-0.2, -0.15) is 0 Å². The van der Waals surface area contributed by atoms with Gasteiger partial charge in [0.2, 0.25) is 0 Å². The van der Waals surface area contributed by atoms with E-state index in [-0.39, 0.29) is 44.5 Å². The zero-order chi connectivity index (χ0) is 22.1. The van der Waals surface area contributed by atoms with Gasteiger partial charge in [-0.3, -0.25) is 0 Å². The normalized spacial score (nSPS) is 13.9. The molecule has 6 heteroatoms. The number of rotatable bonds is 6. The van der Waals surface area contributed by atoms with Gasteiger partial charge >= 0.3 is 0 Å². The van der Waals surface area contributed by atoms with Crippen LogP contribution in [0, 0.1) is 0 Å². The van der Waals surface area contributed by atoms with Crippen molar-refractivity contribution >= 4 is 8.32 Å². The Bertz CT molecular complexity index is 230. The van der Waals surface area contributed by atoms with Crippen molar-refractivity contribution in [3.8, 4) is 0 Å². The van der Waals surface area contributed by atoms with Gasteiger partial charge < -0.3 is 20.1 Å². The Kier molecular flexibility index (Phi) is 33.1. The predicted molar refractivity (Wildman–Crippen MR) is 119 cm³/mol. The summed E-state index contributed by atoms with van der Waals surface area (Å²) >= 11 is 0. The molecule has 0 aliphatic carbocycles. The van der Waals surface area contributed by atoms with Crippen molar-refractivity contribution in [2.75, 3.05) is 0 Å². The molecule has 0 radical (unpaired) electrons. The first kappa shape index (κ1) is 38.5. The first-order chi connectivity index (χ1) is 11.6. The number of hydrogen-bond donors (Lipinski definition) is 4. The van der Waals surface area contributed by atoms with E-state index in [1.807, 2.05) is 20.8 Å². The first-order valence-electron chi connectivity index (χ1n) is 10.4. The number of aliphatic hydroxyl groups is 3. The van der Waals surface area contributed by atoms with Crippen LogP contribution >= 0.6 is 0 Å². The van der Waals surface area contributed by atoms with Crippen LogP contribution in [0.25, 0.3) is 0 Å². The zero-order valence-corrected chi connectivity index (χ0v) is 23.8. The van der Waals surface area contributed by atoms with Crippen LogP contribution in [0.2, 0.25) is 16.6 Å². The van der Waals surface area contributed by atoms with Gasteiger partial charge in [-0.1, -0.05) is 62.3 Å². The molecule has 168 valence electrons. The molecule has 4 nitrogen and oxygen atoms in total. The van der Waals surface area contributed by atoms with Gasteiger partial charge in [0.15, 0.2) is 8.32 Å². The predicted octanol–water partition coefficient (Wildman–Crippen LogP) is 5.48.